The zero-order chi connectivity index (χ0) is 13.9. The van der Waals surface area contributed by atoms with Gasteiger partial charge in [0.15, 0.2) is 11.9 Å². The Kier molecular flexibility index (Phi) is 3.41. The lowest BCUT2D eigenvalue weighted by molar-refractivity contribution is -0.125. The van der Waals surface area contributed by atoms with Crippen molar-refractivity contribution in [3.05, 3.63) is 42.2 Å². The first-order chi connectivity index (χ1) is 9.72. The second-order valence-corrected chi connectivity index (χ2v) is 4.97. The highest BCUT2D eigenvalue weighted by atomic mass is 16.5. The molecule has 0 fully saturated rings. The molecule has 1 aliphatic rings. The number of hydrogen-bond donors (Lipinski definition) is 1. The zero-order valence-corrected chi connectivity index (χ0v) is 11.4. The smallest absolute Gasteiger partial charge is 0.175 e. The lowest BCUT2D eigenvalue weighted by Crippen LogP contribution is -2.37. The number of ketones is 1. The van der Waals surface area contributed by atoms with Crippen LogP contribution in [-0.4, -0.2) is 28.2 Å². The first kappa shape index (κ1) is 12.7. The standard InChI is InChI=1S/C15H17N3O2/c1-18-10-11(8-17-18)6-7-13(19)15-9-16-12-4-2-3-5-14(12)20-15/h2-5,8,10,15-16H,6-7,9H2,1H3. The van der Waals surface area contributed by atoms with E-state index in [1.54, 1.807) is 10.9 Å². The van der Waals surface area contributed by atoms with Gasteiger partial charge in [-0.3, -0.25) is 9.48 Å². The Morgan fingerprint density at radius 3 is 3.15 bits per heavy atom. The molecule has 1 unspecified atom stereocenters. The third-order valence-electron chi connectivity index (χ3n) is 3.41. The molecule has 104 valence electrons. The van der Waals surface area contributed by atoms with E-state index < -0.39 is 6.10 Å². The molecule has 1 N–H and O–H groups in total. The van der Waals surface area contributed by atoms with E-state index in [1.807, 2.05) is 37.5 Å². The summed E-state index contributed by atoms with van der Waals surface area (Å²) in [5.74, 6) is 0.870. The number of anilines is 1. The van der Waals surface area contributed by atoms with Crippen molar-refractivity contribution in [2.75, 3.05) is 11.9 Å². The number of Topliss-reactive ketones (excluding diaryl/α,β-unsaturated/α-hetero) is 1. The fraction of sp³-hybridized carbons (Fsp3) is 0.333. The molecule has 5 nitrogen and oxygen atoms in total. The molecule has 20 heavy (non-hydrogen) atoms. The summed E-state index contributed by atoms with van der Waals surface area (Å²) in [6.07, 6.45) is 4.50. The molecular formula is C15H17N3O2. The molecule has 1 aliphatic heterocycles. The van der Waals surface area contributed by atoms with Crippen molar-refractivity contribution < 1.29 is 9.53 Å². The zero-order valence-electron chi connectivity index (χ0n) is 11.4. The summed E-state index contributed by atoms with van der Waals surface area (Å²) >= 11 is 0. The molecule has 0 bridgehead atoms. The van der Waals surface area contributed by atoms with Crippen LogP contribution < -0.4 is 10.1 Å². The second-order valence-electron chi connectivity index (χ2n) is 4.97. The summed E-state index contributed by atoms with van der Waals surface area (Å²) in [6.45, 7) is 0.531. The van der Waals surface area contributed by atoms with Gasteiger partial charge in [0.1, 0.15) is 5.75 Å². The van der Waals surface area contributed by atoms with Crippen LogP contribution in [0.3, 0.4) is 0 Å². The highest BCUT2D eigenvalue weighted by Gasteiger charge is 2.25. The van der Waals surface area contributed by atoms with Gasteiger partial charge in [-0.25, -0.2) is 0 Å². The number of ether oxygens (including phenoxy) is 1. The van der Waals surface area contributed by atoms with Crippen LogP contribution in [0, 0.1) is 0 Å². The number of rotatable bonds is 4. The van der Waals surface area contributed by atoms with Gasteiger partial charge < -0.3 is 10.1 Å². The van der Waals surface area contributed by atoms with E-state index in [9.17, 15) is 4.79 Å². The van der Waals surface area contributed by atoms with Crippen LogP contribution in [0.1, 0.15) is 12.0 Å². The van der Waals surface area contributed by atoms with Gasteiger partial charge in [-0.1, -0.05) is 12.1 Å². The molecule has 1 atom stereocenters. The van der Waals surface area contributed by atoms with Crippen LogP contribution in [-0.2, 0) is 18.3 Å². The minimum Gasteiger partial charge on any atom is -0.479 e. The third-order valence-corrected chi connectivity index (χ3v) is 3.41. The minimum absolute atomic E-state index is 0.121. The largest absolute Gasteiger partial charge is 0.479 e. The number of carbonyl (C=O) groups excluding carboxylic acids is 1. The topological polar surface area (TPSA) is 56.2 Å². The Bertz CT molecular complexity index is 621. The van der Waals surface area contributed by atoms with Crippen LogP contribution in [0.2, 0.25) is 0 Å². The molecule has 3 rings (SSSR count). The summed E-state index contributed by atoms with van der Waals surface area (Å²) in [7, 11) is 1.87. The van der Waals surface area contributed by atoms with Crippen LogP contribution in [0.5, 0.6) is 5.75 Å². The Labute approximate surface area is 117 Å². The Morgan fingerprint density at radius 1 is 1.50 bits per heavy atom. The van der Waals surface area contributed by atoms with Crippen LogP contribution in [0.25, 0.3) is 0 Å². The van der Waals surface area contributed by atoms with Crippen molar-refractivity contribution in [1.29, 1.82) is 0 Å². The second kappa shape index (κ2) is 5.36. The van der Waals surface area contributed by atoms with E-state index in [2.05, 4.69) is 10.4 Å². The van der Waals surface area contributed by atoms with E-state index >= 15 is 0 Å². The van der Waals surface area contributed by atoms with Gasteiger partial charge in [-0.15, -0.1) is 0 Å². The summed E-state index contributed by atoms with van der Waals surface area (Å²) in [5, 5.41) is 7.33. The van der Waals surface area contributed by atoms with Crippen molar-refractivity contribution in [3.8, 4) is 5.75 Å². The van der Waals surface area contributed by atoms with Crippen LogP contribution >= 0.6 is 0 Å². The number of carbonyl (C=O) groups is 1. The molecule has 0 saturated heterocycles. The molecule has 2 aromatic rings. The van der Waals surface area contributed by atoms with E-state index in [4.69, 9.17) is 4.74 Å². The number of hydrogen-bond acceptors (Lipinski definition) is 4. The molecule has 0 radical (unpaired) electrons. The van der Waals surface area contributed by atoms with E-state index in [1.165, 1.54) is 0 Å². The average Bonchev–Trinajstić information content (AvgIpc) is 2.90. The minimum atomic E-state index is -0.401. The van der Waals surface area contributed by atoms with Crippen molar-refractivity contribution in [1.82, 2.24) is 9.78 Å². The number of aromatic nitrogens is 2. The maximum absolute atomic E-state index is 12.2. The predicted molar refractivity (Wildman–Crippen MR) is 75.9 cm³/mol. The van der Waals surface area contributed by atoms with Gasteiger partial charge in [0.25, 0.3) is 0 Å². The van der Waals surface area contributed by atoms with Crippen molar-refractivity contribution in [2.45, 2.75) is 18.9 Å². The summed E-state index contributed by atoms with van der Waals surface area (Å²) < 4.78 is 7.50. The highest BCUT2D eigenvalue weighted by Crippen LogP contribution is 2.28. The molecule has 0 aliphatic carbocycles. The average molecular weight is 271 g/mol. The number of aryl methyl sites for hydroxylation is 2. The summed E-state index contributed by atoms with van der Waals surface area (Å²) in [4.78, 5) is 12.2. The summed E-state index contributed by atoms with van der Waals surface area (Å²) in [6, 6.07) is 7.68. The number of benzene rings is 1. The predicted octanol–water partition coefficient (Wildman–Crippen LogP) is 1.79. The van der Waals surface area contributed by atoms with Crippen LogP contribution in [0.15, 0.2) is 36.7 Å². The first-order valence-electron chi connectivity index (χ1n) is 6.72. The maximum Gasteiger partial charge on any atom is 0.175 e. The van der Waals surface area contributed by atoms with Gasteiger partial charge in [0.2, 0.25) is 0 Å². The fourth-order valence-corrected chi connectivity index (χ4v) is 2.32. The van der Waals surface area contributed by atoms with Gasteiger partial charge in [-0.2, -0.15) is 5.10 Å². The monoisotopic (exact) mass is 271 g/mol. The van der Waals surface area contributed by atoms with Crippen LogP contribution in [0.4, 0.5) is 5.69 Å². The molecule has 1 aromatic heterocycles. The van der Waals surface area contributed by atoms with E-state index in [-0.39, 0.29) is 5.78 Å². The fourth-order valence-electron chi connectivity index (χ4n) is 2.32. The lowest BCUT2D eigenvalue weighted by Gasteiger charge is -2.26. The quantitative estimate of drug-likeness (QED) is 0.921. The van der Waals surface area contributed by atoms with Crippen molar-refractivity contribution in [2.24, 2.45) is 7.05 Å². The van der Waals surface area contributed by atoms with Gasteiger partial charge in [0, 0.05) is 19.7 Å². The molecule has 1 aromatic carbocycles. The summed E-state index contributed by atoms with van der Waals surface area (Å²) in [5.41, 5.74) is 2.02. The highest BCUT2D eigenvalue weighted by molar-refractivity contribution is 5.85. The normalized spacial score (nSPS) is 16.9. The van der Waals surface area contributed by atoms with E-state index in [0.717, 1.165) is 17.0 Å². The SMILES string of the molecule is Cn1cc(CCC(=O)C2CNc3ccccc3O2)cn1. The Balaban J connectivity index is 1.59. The number of fused-ring (bicyclic) bond motifs is 1. The molecule has 0 saturated carbocycles. The van der Waals surface area contributed by atoms with Gasteiger partial charge in [-0.05, 0) is 24.1 Å². The molecule has 0 amide bonds. The van der Waals surface area contributed by atoms with Crippen molar-refractivity contribution >= 4 is 11.5 Å². The van der Waals surface area contributed by atoms with Gasteiger partial charge >= 0.3 is 0 Å². The Morgan fingerprint density at radius 2 is 2.35 bits per heavy atom. The van der Waals surface area contributed by atoms with E-state index in [0.29, 0.717) is 19.4 Å². The van der Waals surface area contributed by atoms with Gasteiger partial charge in [0.05, 0.1) is 18.4 Å². The Hall–Kier alpha value is -2.30. The molecular weight excluding hydrogens is 254 g/mol. The molecule has 5 heteroatoms. The third kappa shape index (κ3) is 2.66. The lowest BCUT2D eigenvalue weighted by atomic mass is 10.1. The van der Waals surface area contributed by atoms with Crippen molar-refractivity contribution in [3.63, 3.8) is 0 Å². The first-order valence-corrected chi connectivity index (χ1v) is 6.72. The maximum atomic E-state index is 12.2. The number of nitrogens with one attached hydrogen (secondary N) is 1. The molecule has 0 spiro atoms. The molecule has 2 heterocycles. The number of para-hydroxylation sites is 2. The number of nitrogens with zero attached hydrogens (tertiary/aromatic N) is 2.